The lowest BCUT2D eigenvalue weighted by atomic mass is 10.1. The van der Waals surface area contributed by atoms with Gasteiger partial charge in [0.25, 0.3) is 0 Å². The van der Waals surface area contributed by atoms with Gasteiger partial charge in [-0.3, -0.25) is 4.98 Å². The minimum Gasteiger partial charge on any atom is -0.408 e. The van der Waals surface area contributed by atoms with Crippen LogP contribution in [0.1, 0.15) is 22.6 Å². The van der Waals surface area contributed by atoms with E-state index in [0.29, 0.717) is 41.6 Å². The van der Waals surface area contributed by atoms with Crippen molar-refractivity contribution in [3.63, 3.8) is 0 Å². The molecule has 0 saturated carbocycles. The first-order chi connectivity index (χ1) is 14.7. The maximum atomic E-state index is 6.20. The third-order valence-electron chi connectivity index (χ3n) is 4.35. The van der Waals surface area contributed by atoms with Crippen molar-refractivity contribution in [1.82, 2.24) is 15.2 Å². The fourth-order valence-corrected chi connectivity index (χ4v) is 3.33. The molecule has 0 atom stereocenters. The Balaban J connectivity index is 1.31. The van der Waals surface area contributed by atoms with Crippen molar-refractivity contribution in [2.75, 3.05) is 5.32 Å². The Hall–Kier alpha value is -2.93. The molecule has 0 amide bonds. The molecule has 0 aliphatic rings. The topological polar surface area (TPSA) is 73.1 Å². The van der Waals surface area contributed by atoms with Gasteiger partial charge in [-0.05, 0) is 53.1 Å². The zero-order valence-electron chi connectivity index (χ0n) is 15.9. The third kappa shape index (κ3) is 5.36. The van der Waals surface area contributed by atoms with E-state index in [1.807, 2.05) is 36.4 Å². The van der Waals surface area contributed by atoms with Crippen LogP contribution in [0.2, 0.25) is 10.0 Å². The Morgan fingerprint density at radius 2 is 1.50 bits per heavy atom. The highest BCUT2D eigenvalue weighted by Crippen LogP contribution is 2.27. The molecule has 8 heteroatoms. The summed E-state index contributed by atoms with van der Waals surface area (Å²) in [5.41, 5.74) is 3.74. The molecule has 0 radical (unpaired) electrons. The number of halogens is 2. The Bertz CT molecular complexity index is 1080. The van der Waals surface area contributed by atoms with Crippen molar-refractivity contribution >= 4 is 34.9 Å². The monoisotopic (exact) mass is 440 g/mol. The van der Waals surface area contributed by atoms with Crippen LogP contribution in [-0.4, -0.2) is 15.2 Å². The quantitative estimate of drug-likeness (QED) is 0.371. The molecule has 152 valence electrons. The van der Waals surface area contributed by atoms with Crippen LogP contribution in [0.4, 0.5) is 11.7 Å². The standard InChI is InChI=1S/C22H18Cl2N4O2/c23-19-2-1-3-20(24)18(19)12-21-27-28-22(30-21)26-17-6-4-15(5-7-17)13-29-14-16-8-10-25-11-9-16/h1-11H,12-14H2,(H,26,28). The van der Waals surface area contributed by atoms with Gasteiger partial charge < -0.3 is 14.5 Å². The number of nitrogens with one attached hydrogen (secondary N) is 1. The van der Waals surface area contributed by atoms with Crippen LogP contribution in [-0.2, 0) is 24.4 Å². The van der Waals surface area contributed by atoms with Gasteiger partial charge in [-0.1, -0.05) is 46.5 Å². The average Bonchev–Trinajstić information content (AvgIpc) is 3.20. The number of rotatable bonds is 8. The second-order valence-corrected chi connectivity index (χ2v) is 7.36. The molecule has 0 aliphatic heterocycles. The first-order valence-electron chi connectivity index (χ1n) is 9.25. The highest BCUT2D eigenvalue weighted by atomic mass is 35.5. The van der Waals surface area contributed by atoms with E-state index in [4.69, 9.17) is 32.4 Å². The number of anilines is 2. The van der Waals surface area contributed by atoms with Crippen LogP contribution >= 0.6 is 23.2 Å². The van der Waals surface area contributed by atoms with E-state index in [1.165, 1.54) is 0 Å². The molecule has 2 heterocycles. The van der Waals surface area contributed by atoms with Crippen molar-refractivity contribution in [3.05, 3.63) is 99.6 Å². The summed E-state index contributed by atoms with van der Waals surface area (Å²) in [6.07, 6.45) is 3.87. The first-order valence-corrected chi connectivity index (χ1v) is 10.0. The van der Waals surface area contributed by atoms with Crippen molar-refractivity contribution < 1.29 is 9.15 Å². The molecule has 2 aromatic heterocycles. The van der Waals surface area contributed by atoms with Crippen molar-refractivity contribution in [2.45, 2.75) is 19.6 Å². The Morgan fingerprint density at radius 3 is 2.20 bits per heavy atom. The van der Waals surface area contributed by atoms with Gasteiger partial charge in [0.2, 0.25) is 5.89 Å². The SMILES string of the molecule is Clc1cccc(Cl)c1Cc1nnc(Nc2ccc(COCc3ccncc3)cc2)o1. The zero-order chi connectivity index (χ0) is 20.8. The normalized spacial score (nSPS) is 10.9. The number of pyridine rings is 1. The van der Waals surface area contributed by atoms with Gasteiger partial charge in [0.1, 0.15) is 0 Å². The summed E-state index contributed by atoms with van der Waals surface area (Å²) in [4.78, 5) is 3.99. The summed E-state index contributed by atoms with van der Waals surface area (Å²) in [5.74, 6) is 0.425. The molecule has 0 fully saturated rings. The molecular formula is C22H18Cl2N4O2. The average molecular weight is 441 g/mol. The molecule has 0 aliphatic carbocycles. The molecule has 0 saturated heterocycles. The first kappa shape index (κ1) is 20.3. The van der Waals surface area contributed by atoms with E-state index in [1.54, 1.807) is 30.6 Å². The molecule has 2 aromatic carbocycles. The van der Waals surface area contributed by atoms with Crippen LogP contribution < -0.4 is 5.32 Å². The Morgan fingerprint density at radius 1 is 0.833 bits per heavy atom. The van der Waals surface area contributed by atoms with Gasteiger partial charge in [0.05, 0.1) is 19.6 Å². The minimum atomic E-state index is 0.301. The van der Waals surface area contributed by atoms with Crippen molar-refractivity contribution in [3.8, 4) is 0 Å². The molecule has 4 aromatic rings. The lowest BCUT2D eigenvalue weighted by Gasteiger charge is -2.06. The highest BCUT2D eigenvalue weighted by Gasteiger charge is 2.12. The summed E-state index contributed by atoms with van der Waals surface area (Å²) in [6, 6.07) is 17.3. The van der Waals surface area contributed by atoms with Gasteiger partial charge in [-0.25, -0.2) is 0 Å². The van der Waals surface area contributed by atoms with Crippen LogP contribution in [0.3, 0.4) is 0 Å². The van der Waals surface area contributed by atoms with Gasteiger partial charge in [-0.15, -0.1) is 5.10 Å². The minimum absolute atomic E-state index is 0.301. The van der Waals surface area contributed by atoms with E-state index in [-0.39, 0.29) is 0 Å². The van der Waals surface area contributed by atoms with Crippen LogP contribution in [0.5, 0.6) is 0 Å². The largest absolute Gasteiger partial charge is 0.408 e. The molecule has 1 N–H and O–H groups in total. The molecule has 0 unspecified atom stereocenters. The summed E-state index contributed by atoms with van der Waals surface area (Å²) in [5, 5.41) is 12.3. The molecular weight excluding hydrogens is 423 g/mol. The van der Waals surface area contributed by atoms with E-state index in [9.17, 15) is 0 Å². The Kier molecular flexibility index (Phi) is 6.59. The summed E-state index contributed by atoms with van der Waals surface area (Å²) >= 11 is 12.4. The summed E-state index contributed by atoms with van der Waals surface area (Å²) in [7, 11) is 0. The summed E-state index contributed by atoms with van der Waals surface area (Å²) in [6.45, 7) is 1.06. The highest BCUT2D eigenvalue weighted by molar-refractivity contribution is 6.36. The van der Waals surface area contributed by atoms with E-state index < -0.39 is 0 Å². The fourth-order valence-electron chi connectivity index (χ4n) is 2.80. The van der Waals surface area contributed by atoms with E-state index >= 15 is 0 Å². The number of ether oxygens (including phenoxy) is 1. The number of nitrogens with zero attached hydrogens (tertiary/aromatic N) is 3. The fraction of sp³-hybridized carbons (Fsp3) is 0.136. The summed E-state index contributed by atoms with van der Waals surface area (Å²) < 4.78 is 11.4. The molecule has 30 heavy (non-hydrogen) atoms. The van der Waals surface area contributed by atoms with Crippen molar-refractivity contribution in [2.24, 2.45) is 0 Å². The van der Waals surface area contributed by atoms with Gasteiger partial charge in [-0.2, -0.15) is 0 Å². The van der Waals surface area contributed by atoms with E-state index in [2.05, 4.69) is 20.5 Å². The number of benzene rings is 2. The third-order valence-corrected chi connectivity index (χ3v) is 5.06. The second kappa shape index (κ2) is 9.71. The lowest BCUT2D eigenvalue weighted by Crippen LogP contribution is -1.95. The van der Waals surface area contributed by atoms with Crippen LogP contribution in [0.25, 0.3) is 0 Å². The lowest BCUT2D eigenvalue weighted by molar-refractivity contribution is 0.107. The Labute approximate surface area is 183 Å². The maximum absolute atomic E-state index is 6.20. The van der Waals surface area contributed by atoms with Crippen molar-refractivity contribution in [1.29, 1.82) is 0 Å². The van der Waals surface area contributed by atoms with Gasteiger partial charge in [0, 0.05) is 28.1 Å². The number of hydrogen-bond donors (Lipinski definition) is 1. The smallest absolute Gasteiger partial charge is 0.320 e. The van der Waals surface area contributed by atoms with Gasteiger partial charge in [0.15, 0.2) is 0 Å². The zero-order valence-corrected chi connectivity index (χ0v) is 17.4. The number of aromatic nitrogens is 3. The maximum Gasteiger partial charge on any atom is 0.320 e. The molecule has 4 rings (SSSR count). The van der Waals surface area contributed by atoms with Gasteiger partial charge >= 0.3 is 6.01 Å². The molecule has 0 bridgehead atoms. The molecule has 6 nitrogen and oxygen atoms in total. The van der Waals surface area contributed by atoms with Crippen LogP contribution in [0, 0.1) is 0 Å². The van der Waals surface area contributed by atoms with E-state index in [0.717, 1.165) is 22.4 Å². The predicted octanol–water partition coefficient (Wildman–Crippen LogP) is 5.82. The number of hydrogen-bond acceptors (Lipinski definition) is 6. The second-order valence-electron chi connectivity index (χ2n) is 6.55. The predicted molar refractivity (Wildman–Crippen MR) is 116 cm³/mol. The molecule has 0 spiro atoms. The van der Waals surface area contributed by atoms with Crippen LogP contribution in [0.15, 0.2) is 71.4 Å².